The van der Waals surface area contributed by atoms with Gasteiger partial charge in [-0.3, -0.25) is 14.5 Å². The van der Waals surface area contributed by atoms with E-state index in [1.807, 2.05) is 24.3 Å². The summed E-state index contributed by atoms with van der Waals surface area (Å²) in [5, 5.41) is 0. The van der Waals surface area contributed by atoms with Gasteiger partial charge in [-0.2, -0.15) is 0 Å². The topological polar surface area (TPSA) is 72.6 Å². The van der Waals surface area contributed by atoms with Gasteiger partial charge in [0.1, 0.15) is 13.2 Å². The molecule has 0 saturated carbocycles. The van der Waals surface area contributed by atoms with Crippen LogP contribution in [-0.4, -0.2) is 36.5 Å². The predicted octanol–water partition coefficient (Wildman–Crippen LogP) is 1.02. The van der Waals surface area contributed by atoms with E-state index in [0.717, 1.165) is 18.4 Å². The van der Waals surface area contributed by atoms with Gasteiger partial charge in [0, 0.05) is 12.6 Å². The van der Waals surface area contributed by atoms with E-state index in [-0.39, 0.29) is 37.6 Å². The maximum Gasteiger partial charge on any atom is 0.255 e. The Hall–Kier alpha value is -1.72. The Labute approximate surface area is 118 Å². The van der Waals surface area contributed by atoms with Crippen molar-refractivity contribution in [2.45, 2.75) is 25.8 Å². The van der Waals surface area contributed by atoms with E-state index >= 15 is 0 Å². The second kappa shape index (κ2) is 6.63. The van der Waals surface area contributed by atoms with Crippen LogP contribution in [0.3, 0.4) is 0 Å². The van der Waals surface area contributed by atoms with Crippen molar-refractivity contribution < 1.29 is 14.3 Å². The third kappa shape index (κ3) is 3.43. The molecule has 108 valence electrons. The lowest BCUT2D eigenvalue weighted by molar-refractivity contribution is -0.158. The molecule has 1 heterocycles. The largest absolute Gasteiger partial charge is 0.362 e. The minimum atomic E-state index is -0.364. The van der Waals surface area contributed by atoms with Crippen LogP contribution < -0.4 is 5.73 Å². The Kier molecular flexibility index (Phi) is 4.87. The summed E-state index contributed by atoms with van der Waals surface area (Å²) in [6, 6.07) is 7.65. The smallest absolute Gasteiger partial charge is 0.255 e. The van der Waals surface area contributed by atoms with Gasteiger partial charge in [-0.05, 0) is 17.5 Å². The number of hydrogen-bond acceptors (Lipinski definition) is 4. The van der Waals surface area contributed by atoms with Crippen molar-refractivity contribution in [2.75, 3.05) is 19.8 Å². The van der Waals surface area contributed by atoms with Crippen LogP contribution in [0.2, 0.25) is 0 Å². The molecule has 1 aromatic carbocycles. The van der Waals surface area contributed by atoms with E-state index < -0.39 is 0 Å². The highest BCUT2D eigenvalue weighted by atomic mass is 16.5. The summed E-state index contributed by atoms with van der Waals surface area (Å²) in [4.78, 5) is 24.5. The van der Waals surface area contributed by atoms with Gasteiger partial charge in [-0.25, -0.2) is 0 Å². The lowest BCUT2D eigenvalue weighted by Gasteiger charge is -2.27. The molecule has 2 rings (SSSR count). The molecule has 0 spiro atoms. The van der Waals surface area contributed by atoms with Gasteiger partial charge < -0.3 is 10.5 Å². The van der Waals surface area contributed by atoms with Crippen molar-refractivity contribution >= 4 is 11.8 Å². The number of carbonyl (C=O) groups excluding carboxylic acids is 2. The van der Waals surface area contributed by atoms with Gasteiger partial charge in [-0.15, -0.1) is 0 Å². The molecule has 2 N–H and O–H groups in total. The fourth-order valence-electron chi connectivity index (χ4n) is 2.25. The van der Waals surface area contributed by atoms with Crippen LogP contribution in [-0.2, 0) is 20.7 Å². The predicted molar refractivity (Wildman–Crippen MR) is 74.9 cm³/mol. The molecule has 0 aliphatic carbocycles. The first-order valence-electron chi connectivity index (χ1n) is 6.87. The number of amides is 2. The zero-order chi connectivity index (χ0) is 14.5. The van der Waals surface area contributed by atoms with Crippen molar-refractivity contribution in [3.63, 3.8) is 0 Å². The van der Waals surface area contributed by atoms with Crippen LogP contribution in [0, 0.1) is 0 Å². The monoisotopic (exact) mass is 276 g/mol. The van der Waals surface area contributed by atoms with Gasteiger partial charge >= 0.3 is 0 Å². The average Bonchev–Trinajstić information content (AvgIpc) is 2.44. The van der Waals surface area contributed by atoms with Crippen molar-refractivity contribution in [1.82, 2.24) is 4.90 Å². The quantitative estimate of drug-likeness (QED) is 0.815. The summed E-state index contributed by atoms with van der Waals surface area (Å²) in [6.07, 6.45) is 2.14. The van der Waals surface area contributed by atoms with Crippen LogP contribution in [0.4, 0.5) is 0 Å². The number of nitrogens with zero attached hydrogens (tertiary/aromatic N) is 1. The fourth-order valence-corrected chi connectivity index (χ4v) is 2.25. The van der Waals surface area contributed by atoms with E-state index in [1.54, 1.807) is 0 Å². The number of aryl methyl sites for hydroxylation is 1. The number of ether oxygens (including phenoxy) is 1. The first-order chi connectivity index (χ1) is 9.61. The van der Waals surface area contributed by atoms with Gasteiger partial charge in [0.15, 0.2) is 0 Å². The lowest BCUT2D eigenvalue weighted by Crippen LogP contribution is -2.48. The number of rotatable bonds is 5. The van der Waals surface area contributed by atoms with E-state index in [2.05, 4.69) is 6.92 Å². The molecule has 1 atom stereocenters. The number of benzene rings is 1. The molecular weight excluding hydrogens is 256 g/mol. The third-order valence-electron chi connectivity index (χ3n) is 3.38. The lowest BCUT2D eigenvalue weighted by atomic mass is 10.0. The molecule has 0 radical (unpaired) electrons. The first-order valence-corrected chi connectivity index (χ1v) is 6.87. The molecule has 0 bridgehead atoms. The van der Waals surface area contributed by atoms with E-state index in [4.69, 9.17) is 10.5 Å². The highest BCUT2D eigenvalue weighted by Gasteiger charge is 2.28. The first kappa shape index (κ1) is 14.7. The molecule has 5 heteroatoms. The van der Waals surface area contributed by atoms with Crippen molar-refractivity contribution in [1.29, 1.82) is 0 Å². The standard InChI is InChI=1S/C15H20N2O3/c1-2-3-11-4-6-12(7-5-11)13(16)8-17-14(18)9-20-10-15(17)19/h4-7,13H,2-3,8-10,16H2,1H3. The van der Waals surface area contributed by atoms with Crippen LogP contribution in [0.15, 0.2) is 24.3 Å². The maximum absolute atomic E-state index is 11.6. The average molecular weight is 276 g/mol. The maximum atomic E-state index is 11.6. The Morgan fingerprint density at radius 2 is 1.80 bits per heavy atom. The summed E-state index contributed by atoms with van der Waals surface area (Å²) in [5.41, 5.74) is 8.28. The summed E-state index contributed by atoms with van der Waals surface area (Å²) in [7, 11) is 0. The van der Waals surface area contributed by atoms with Crippen molar-refractivity contribution in [3.8, 4) is 0 Å². The minimum absolute atomic E-state index is 0.0477. The van der Waals surface area contributed by atoms with Gasteiger partial charge in [-0.1, -0.05) is 37.6 Å². The number of imide groups is 1. The molecule has 1 saturated heterocycles. The van der Waals surface area contributed by atoms with Gasteiger partial charge in [0.25, 0.3) is 11.8 Å². The van der Waals surface area contributed by atoms with E-state index in [9.17, 15) is 9.59 Å². The summed E-state index contributed by atoms with van der Waals surface area (Å²) < 4.78 is 4.87. The van der Waals surface area contributed by atoms with Crippen molar-refractivity contribution in [3.05, 3.63) is 35.4 Å². The Balaban J connectivity index is 2.01. The SMILES string of the molecule is CCCc1ccc(C(N)CN2C(=O)COCC2=O)cc1. The number of morpholine rings is 1. The molecule has 1 unspecified atom stereocenters. The molecule has 1 aliphatic rings. The summed E-state index contributed by atoms with van der Waals surface area (Å²) in [5.74, 6) is -0.640. The molecule has 20 heavy (non-hydrogen) atoms. The summed E-state index contributed by atoms with van der Waals surface area (Å²) in [6.45, 7) is 2.24. The zero-order valence-corrected chi connectivity index (χ0v) is 11.7. The number of hydrogen-bond donors (Lipinski definition) is 1. The number of carbonyl (C=O) groups is 2. The molecule has 1 aromatic rings. The van der Waals surface area contributed by atoms with E-state index in [0.29, 0.717) is 0 Å². The molecule has 0 aromatic heterocycles. The molecule has 5 nitrogen and oxygen atoms in total. The van der Waals surface area contributed by atoms with Crippen LogP contribution in [0.1, 0.15) is 30.5 Å². The zero-order valence-electron chi connectivity index (χ0n) is 11.7. The Morgan fingerprint density at radius 1 is 1.20 bits per heavy atom. The molecule has 2 amide bonds. The van der Waals surface area contributed by atoms with Gasteiger partial charge in [0.05, 0.1) is 0 Å². The second-order valence-electron chi connectivity index (χ2n) is 4.99. The van der Waals surface area contributed by atoms with Crippen molar-refractivity contribution in [2.24, 2.45) is 5.73 Å². The Bertz CT molecular complexity index is 468. The normalized spacial score (nSPS) is 17.4. The highest BCUT2D eigenvalue weighted by Crippen LogP contribution is 2.15. The van der Waals surface area contributed by atoms with Crippen LogP contribution in [0.25, 0.3) is 0 Å². The highest BCUT2D eigenvalue weighted by molar-refractivity contribution is 5.98. The van der Waals surface area contributed by atoms with Crippen LogP contribution >= 0.6 is 0 Å². The number of nitrogens with two attached hydrogens (primary N) is 1. The molecule has 1 fully saturated rings. The molecule has 1 aliphatic heterocycles. The van der Waals surface area contributed by atoms with Gasteiger partial charge in [0.2, 0.25) is 0 Å². The molecular formula is C15H20N2O3. The third-order valence-corrected chi connectivity index (χ3v) is 3.38. The van der Waals surface area contributed by atoms with E-state index in [1.165, 1.54) is 10.5 Å². The fraction of sp³-hybridized carbons (Fsp3) is 0.467. The Morgan fingerprint density at radius 3 is 2.35 bits per heavy atom. The summed E-state index contributed by atoms with van der Waals surface area (Å²) >= 11 is 0. The second-order valence-corrected chi connectivity index (χ2v) is 4.99. The minimum Gasteiger partial charge on any atom is -0.362 e. The van der Waals surface area contributed by atoms with Crippen LogP contribution in [0.5, 0.6) is 0 Å².